The lowest BCUT2D eigenvalue weighted by Gasteiger charge is -2.03. The van der Waals surface area contributed by atoms with Crippen molar-refractivity contribution in [1.82, 2.24) is 0 Å². The van der Waals surface area contributed by atoms with Crippen LogP contribution in [0.3, 0.4) is 0 Å². The summed E-state index contributed by atoms with van der Waals surface area (Å²) in [5.41, 5.74) is 1.01. The molecule has 0 radical (unpaired) electrons. The molecule has 0 saturated carbocycles. The van der Waals surface area contributed by atoms with Crippen LogP contribution in [0.15, 0.2) is 41.0 Å². The maximum atomic E-state index is 11.7. The Labute approximate surface area is 94.6 Å². The number of aryl methyl sites for hydroxylation is 1. The van der Waals surface area contributed by atoms with E-state index in [1.54, 1.807) is 18.2 Å². The van der Waals surface area contributed by atoms with Gasteiger partial charge in [0, 0.05) is 0 Å². The first kappa shape index (κ1) is 11.2. The van der Waals surface area contributed by atoms with E-state index in [9.17, 15) is 8.42 Å². The molecule has 1 aliphatic heterocycles. The zero-order valence-electron chi connectivity index (χ0n) is 8.84. The summed E-state index contributed by atoms with van der Waals surface area (Å²) in [7, 11) is -3.65. The average Bonchev–Trinajstić information content (AvgIpc) is 3.02. The van der Waals surface area contributed by atoms with Crippen molar-refractivity contribution in [2.75, 3.05) is 13.2 Å². The van der Waals surface area contributed by atoms with Crippen molar-refractivity contribution < 1.29 is 17.3 Å². The summed E-state index contributed by atoms with van der Waals surface area (Å²) in [6, 6.07) is 6.54. The average molecular weight is 240 g/mol. The molecule has 16 heavy (non-hydrogen) atoms. The molecule has 0 spiro atoms. The largest absolute Gasteiger partial charge is 0.487 e. The lowest BCUT2D eigenvalue weighted by atomic mass is 10.2. The molecule has 0 N–H and O–H groups in total. The van der Waals surface area contributed by atoms with Gasteiger partial charge < -0.3 is 4.74 Å². The Kier molecular flexibility index (Phi) is 2.98. The summed E-state index contributed by atoms with van der Waals surface area (Å²) in [4.78, 5) is 0.174. The zero-order valence-corrected chi connectivity index (χ0v) is 9.66. The Balaban J connectivity index is 2.05. The Morgan fingerprint density at radius 2 is 2.00 bits per heavy atom. The first-order chi connectivity index (χ1) is 7.58. The van der Waals surface area contributed by atoms with Gasteiger partial charge in [0.25, 0.3) is 10.1 Å². The molecule has 1 aliphatic rings. The third-order valence-electron chi connectivity index (χ3n) is 2.15. The number of epoxide rings is 1. The molecular weight excluding hydrogens is 228 g/mol. The molecule has 1 aromatic carbocycles. The van der Waals surface area contributed by atoms with E-state index in [4.69, 9.17) is 8.92 Å². The van der Waals surface area contributed by atoms with Crippen LogP contribution in [-0.4, -0.2) is 21.6 Å². The maximum Gasteiger partial charge on any atom is 0.297 e. The Bertz CT molecular complexity index is 493. The summed E-state index contributed by atoms with van der Waals surface area (Å²) in [5, 5.41) is 0. The van der Waals surface area contributed by atoms with E-state index >= 15 is 0 Å². The van der Waals surface area contributed by atoms with Crippen LogP contribution >= 0.6 is 0 Å². The van der Waals surface area contributed by atoms with Crippen LogP contribution in [0.5, 0.6) is 0 Å². The fourth-order valence-corrected chi connectivity index (χ4v) is 2.00. The van der Waals surface area contributed by atoms with Gasteiger partial charge >= 0.3 is 0 Å². The first-order valence-electron chi connectivity index (χ1n) is 4.86. The Hall–Kier alpha value is -1.33. The van der Waals surface area contributed by atoms with Crippen LogP contribution in [0, 0.1) is 6.92 Å². The maximum absolute atomic E-state index is 11.7. The molecule has 1 aromatic rings. The summed E-state index contributed by atoms with van der Waals surface area (Å²) in [6.45, 7) is 2.49. The van der Waals surface area contributed by atoms with Crippen molar-refractivity contribution in [3.8, 4) is 0 Å². The second-order valence-electron chi connectivity index (χ2n) is 3.51. The van der Waals surface area contributed by atoms with Crippen LogP contribution < -0.4 is 0 Å². The van der Waals surface area contributed by atoms with E-state index in [0.717, 1.165) is 11.3 Å². The van der Waals surface area contributed by atoms with Gasteiger partial charge in [-0.2, -0.15) is 8.42 Å². The highest BCUT2D eigenvalue weighted by molar-refractivity contribution is 7.86. The lowest BCUT2D eigenvalue weighted by Crippen LogP contribution is -2.06. The van der Waals surface area contributed by atoms with E-state index < -0.39 is 10.1 Å². The van der Waals surface area contributed by atoms with E-state index in [2.05, 4.69) is 0 Å². The standard InChI is InChI=1S/C11H12O4S/c1-9-2-4-11(5-3-9)16(12,13)15-7-6-10-8-14-10/h2-6H,7-8H2,1H3. The van der Waals surface area contributed by atoms with Gasteiger partial charge in [0.15, 0.2) is 0 Å². The van der Waals surface area contributed by atoms with Crippen molar-refractivity contribution >= 4 is 10.1 Å². The molecule has 2 rings (SSSR count). The molecule has 1 saturated heterocycles. The van der Waals surface area contributed by atoms with Crippen molar-refractivity contribution in [2.45, 2.75) is 11.8 Å². The van der Waals surface area contributed by atoms with Gasteiger partial charge in [0.2, 0.25) is 0 Å². The highest BCUT2D eigenvalue weighted by Gasteiger charge is 2.16. The van der Waals surface area contributed by atoms with Crippen LogP contribution in [0.2, 0.25) is 0 Å². The molecule has 0 unspecified atom stereocenters. The monoisotopic (exact) mass is 240 g/mol. The fourth-order valence-electron chi connectivity index (χ4n) is 1.15. The van der Waals surface area contributed by atoms with Crippen molar-refractivity contribution in [2.24, 2.45) is 0 Å². The zero-order chi connectivity index (χ0) is 11.6. The molecular formula is C11H12O4S. The smallest absolute Gasteiger partial charge is 0.297 e. The second-order valence-corrected chi connectivity index (χ2v) is 5.13. The predicted molar refractivity (Wildman–Crippen MR) is 58.4 cm³/mol. The van der Waals surface area contributed by atoms with Crippen LogP contribution in [0.25, 0.3) is 0 Å². The highest BCUT2D eigenvalue weighted by Crippen LogP contribution is 2.16. The lowest BCUT2D eigenvalue weighted by molar-refractivity contribution is 0.355. The van der Waals surface area contributed by atoms with E-state index in [1.165, 1.54) is 12.1 Å². The van der Waals surface area contributed by atoms with Gasteiger partial charge in [0.1, 0.15) is 12.4 Å². The quantitative estimate of drug-likeness (QED) is 0.592. The van der Waals surface area contributed by atoms with Gasteiger partial charge in [0.05, 0.1) is 11.5 Å². The summed E-state index contributed by atoms with van der Waals surface area (Å²) in [6.07, 6.45) is 1.62. The van der Waals surface area contributed by atoms with Crippen molar-refractivity contribution in [3.05, 3.63) is 41.7 Å². The highest BCUT2D eigenvalue weighted by atomic mass is 32.2. The molecule has 86 valence electrons. The molecule has 0 aliphatic carbocycles. The van der Waals surface area contributed by atoms with E-state index in [1.807, 2.05) is 6.92 Å². The Morgan fingerprint density at radius 1 is 1.38 bits per heavy atom. The minimum Gasteiger partial charge on any atom is -0.487 e. The Morgan fingerprint density at radius 3 is 2.56 bits per heavy atom. The molecule has 5 heteroatoms. The minimum atomic E-state index is -3.65. The van der Waals surface area contributed by atoms with Crippen LogP contribution in [-0.2, 0) is 19.0 Å². The van der Waals surface area contributed by atoms with E-state index in [-0.39, 0.29) is 11.5 Å². The summed E-state index contributed by atoms with van der Waals surface area (Å²) >= 11 is 0. The third-order valence-corrected chi connectivity index (χ3v) is 3.45. The second kappa shape index (κ2) is 4.27. The number of hydrogen-bond donors (Lipinski definition) is 0. The number of rotatable bonds is 4. The minimum absolute atomic E-state index is 0.0194. The molecule has 1 heterocycles. The number of hydrogen-bond acceptors (Lipinski definition) is 4. The predicted octanol–water partition coefficient (Wildman–Crippen LogP) is 1.61. The summed E-state index contributed by atoms with van der Waals surface area (Å²) in [5.74, 6) is 0.777. The van der Waals surface area contributed by atoms with Gasteiger partial charge in [-0.05, 0) is 25.1 Å². The van der Waals surface area contributed by atoms with Gasteiger partial charge in [-0.25, -0.2) is 0 Å². The van der Waals surface area contributed by atoms with Crippen molar-refractivity contribution in [3.63, 3.8) is 0 Å². The van der Waals surface area contributed by atoms with Gasteiger partial charge in [-0.15, -0.1) is 0 Å². The number of ether oxygens (including phenoxy) is 1. The molecule has 0 bridgehead atoms. The third kappa shape index (κ3) is 2.84. The topological polar surface area (TPSA) is 55.9 Å². The fraction of sp³-hybridized carbons (Fsp3) is 0.273. The van der Waals surface area contributed by atoms with Crippen LogP contribution in [0.4, 0.5) is 0 Å². The van der Waals surface area contributed by atoms with E-state index in [0.29, 0.717) is 6.61 Å². The number of benzene rings is 1. The van der Waals surface area contributed by atoms with Crippen LogP contribution in [0.1, 0.15) is 5.56 Å². The summed E-state index contributed by atoms with van der Waals surface area (Å²) < 4.78 is 33.0. The molecule has 1 fully saturated rings. The molecule has 0 amide bonds. The van der Waals surface area contributed by atoms with Gasteiger partial charge in [-0.1, -0.05) is 17.7 Å². The van der Waals surface area contributed by atoms with Gasteiger partial charge in [-0.3, -0.25) is 4.18 Å². The first-order valence-corrected chi connectivity index (χ1v) is 6.27. The molecule has 0 aromatic heterocycles. The molecule has 0 atom stereocenters. The van der Waals surface area contributed by atoms with Crippen molar-refractivity contribution in [1.29, 1.82) is 0 Å². The SMILES string of the molecule is Cc1ccc(S(=O)(=O)OCC=C2CO2)cc1. The molecule has 4 nitrogen and oxygen atoms in total. The normalized spacial score (nSPS) is 17.2.